The van der Waals surface area contributed by atoms with E-state index >= 15 is 0 Å². The first-order valence-electron chi connectivity index (χ1n) is 11.9. The molecule has 2 amide bonds. The van der Waals surface area contributed by atoms with E-state index in [9.17, 15) is 34.2 Å². The average Bonchev–Trinajstić information content (AvgIpc) is 2.92. The molecule has 41 heavy (non-hydrogen) atoms. The lowest BCUT2D eigenvalue weighted by molar-refractivity contribution is -0.137. The zero-order valence-corrected chi connectivity index (χ0v) is 21.8. The van der Waals surface area contributed by atoms with Crippen LogP contribution in [-0.2, 0) is 14.4 Å². The Bertz CT molecular complexity index is 1730. The first kappa shape index (κ1) is 28.5. The summed E-state index contributed by atoms with van der Waals surface area (Å²) in [4.78, 5) is 58.2. The monoisotopic (exact) mass is 578 g/mol. The molecule has 13 nitrogen and oxygen atoms in total. The minimum absolute atomic E-state index is 0.00701. The first-order chi connectivity index (χ1) is 19.5. The average molecular weight is 579 g/mol. The largest absolute Gasteiger partial charge is 0.508 e. The second kappa shape index (κ2) is 12.1. The molecule has 0 aromatic heterocycles. The molecule has 0 saturated carbocycles. The molecule has 0 fully saturated rings. The minimum Gasteiger partial charge on any atom is -0.508 e. The fourth-order valence-electron chi connectivity index (χ4n) is 3.98. The van der Waals surface area contributed by atoms with Crippen molar-refractivity contribution in [2.45, 2.75) is 0 Å². The van der Waals surface area contributed by atoms with Crippen LogP contribution in [0.25, 0.3) is 33.4 Å². The lowest BCUT2D eigenvalue weighted by atomic mass is 9.90. The summed E-state index contributed by atoms with van der Waals surface area (Å²) in [6.07, 6.45) is 0. The Hall–Kier alpha value is -5.50. The third-order valence-electron chi connectivity index (χ3n) is 5.75. The summed E-state index contributed by atoms with van der Waals surface area (Å²) in [7, 11) is 0. The van der Waals surface area contributed by atoms with Gasteiger partial charge in [0.25, 0.3) is 0 Å². The lowest BCUT2D eigenvalue weighted by Crippen LogP contribution is -2.43. The molecule has 0 atom stereocenters. The number of benzene rings is 3. The molecule has 7 N–H and O–H groups in total. The Labute approximate surface area is 236 Å². The van der Waals surface area contributed by atoms with E-state index in [0.717, 1.165) is 0 Å². The van der Waals surface area contributed by atoms with Gasteiger partial charge in [-0.05, 0) is 54.2 Å². The van der Waals surface area contributed by atoms with Gasteiger partial charge in [0.2, 0.25) is 11.8 Å². The van der Waals surface area contributed by atoms with Gasteiger partial charge >= 0.3 is 11.9 Å². The summed E-state index contributed by atoms with van der Waals surface area (Å²) in [5.74, 6) is -3.60. The van der Waals surface area contributed by atoms with Crippen LogP contribution in [0.4, 0.5) is 5.69 Å². The quantitative estimate of drug-likeness (QED) is 0.112. The number of aromatic hydroxyl groups is 1. The SMILES string of the molecule is O=C(O)CNC(=O)CNC(=O)CNC(=S)Nc1ccc(-c2c3ccc(=O)cc-3oc3cc(O)ccc23)c(C(=O)O)c1. The van der Waals surface area contributed by atoms with Crippen LogP contribution in [0.5, 0.6) is 5.75 Å². The van der Waals surface area contributed by atoms with Crippen LogP contribution in [0, 0.1) is 0 Å². The van der Waals surface area contributed by atoms with Crippen molar-refractivity contribution in [2.75, 3.05) is 25.0 Å². The van der Waals surface area contributed by atoms with Crippen molar-refractivity contribution in [3.63, 3.8) is 0 Å². The van der Waals surface area contributed by atoms with Crippen molar-refractivity contribution in [3.05, 3.63) is 70.4 Å². The number of aliphatic carboxylic acids is 1. The van der Waals surface area contributed by atoms with Gasteiger partial charge in [0, 0.05) is 34.3 Å². The molecule has 1 heterocycles. The van der Waals surface area contributed by atoms with Gasteiger partial charge in [0.15, 0.2) is 10.5 Å². The highest BCUT2D eigenvalue weighted by Crippen LogP contribution is 2.42. The summed E-state index contributed by atoms with van der Waals surface area (Å²) in [5.41, 5.74) is 1.43. The summed E-state index contributed by atoms with van der Waals surface area (Å²) in [5, 5.41) is 38.9. The number of fused-ring (bicyclic) bond motifs is 2. The van der Waals surface area contributed by atoms with Crippen LogP contribution in [-0.4, -0.2) is 63.8 Å². The zero-order valence-electron chi connectivity index (χ0n) is 21.0. The molecule has 0 unspecified atom stereocenters. The van der Waals surface area contributed by atoms with Gasteiger partial charge in [0.05, 0.1) is 18.7 Å². The number of thiocarbonyl (C=S) groups is 1. The molecule has 2 aromatic rings. The zero-order chi connectivity index (χ0) is 29.7. The molecule has 2 aliphatic rings. The van der Waals surface area contributed by atoms with Crippen molar-refractivity contribution >= 4 is 57.7 Å². The number of hydrogen-bond acceptors (Lipinski definition) is 8. The second-order valence-electron chi connectivity index (χ2n) is 8.64. The number of carbonyl (C=O) groups excluding carboxylic acids is 2. The van der Waals surface area contributed by atoms with E-state index in [1.165, 1.54) is 30.3 Å². The van der Waals surface area contributed by atoms with Crippen molar-refractivity contribution in [2.24, 2.45) is 0 Å². The fourth-order valence-corrected chi connectivity index (χ4v) is 4.17. The van der Waals surface area contributed by atoms with E-state index in [-0.39, 0.29) is 39.7 Å². The maximum absolute atomic E-state index is 12.3. The van der Waals surface area contributed by atoms with Crippen molar-refractivity contribution in [1.82, 2.24) is 16.0 Å². The molecule has 0 saturated heterocycles. The van der Waals surface area contributed by atoms with E-state index in [0.29, 0.717) is 27.8 Å². The van der Waals surface area contributed by atoms with Gasteiger partial charge in [-0.2, -0.15) is 0 Å². The Kier molecular flexibility index (Phi) is 8.43. The highest BCUT2D eigenvalue weighted by atomic mass is 32.1. The van der Waals surface area contributed by atoms with E-state index < -0.39 is 36.8 Å². The Morgan fingerprint density at radius 1 is 0.805 bits per heavy atom. The predicted octanol–water partition coefficient (Wildman–Crippen LogP) is 1.57. The highest BCUT2D eigenvalue weighted by Gasteiger charge is 2.22. The molecule has 2 aromatic carbocycles. The third-order valence-corrected chi connectivity index (χ3v) is 5.99. The number of carboxylic acids is 2. The molecule has 0 radical (unpaired) electrons. The fraction of sp³-hybridized carbons (Fsp3) is 0.111. The molecule has 4 rings (SSSR count). The maximum Gasteiger partial charge on any atom is 0.336 e. The van der Waals surface area contributed by atoms with Crippen LogP contribution < -0.4 is 26.7 Å². The lowest BCUT2D eigenvalue weighted by Gasteiger charge is -2.18. The predicted molar refractivity (Wildman–Crippen MR) is 151 cm³/mol. The molecule has 0 spiro atoms. The Morgan fingerprint density at radius 2 is 1.49 bits per heavy atom. The third kappa shape index (κ3) is 6.93. The number of anilines is 1. The van der Waals surface area contributed by atoms with E-state index in [1.54, 1.807) is 24.3 Å². The number of phenolic OH excluding ortho intramolecular Hbond substituents is 1. The van der Waals surface area contributed by atoms with Crippen molar-refractivity contribution in [1.29, 1.82) is 0 Å². The van der Waals surface area contributed by atoms with E-state index in [1.807, 2.05) is 0 Å². The van der Waals surface area contributed by atoms with Crippen molar-refractivity contribution < 1.29 is 38.9 Å². The van der Waals surface area contributed by atoms with Crippen LogP contribution >= 0.6 is 12.2 Å². The number of nitrogens with one attached hydrogen (secondary N) is 4. The summed E-state index contributed by atoms with van der Waals surface area (Å²) >= 11 is 5.19. The van der Waals surface area contributed by atoms with Crippen LogP contribution in [0.15, 0.2) is 63.8 Å². The summed E-state index contributed by atoms with van der Waals surface area (Å²) in [6.45, 7) is -1.32. The number of rotatable bonds is 9. The van der Waals surface area contributed by atoms with Crippen LogP contribution in [0.3, 0.4) is 0 Å². The molecular weight excluding hydrogens is 556 g/mol. The van der Waals surface area contributed by atoms with Gasteiger partial charge < -0.3 is 41.0 Å². The number of carbonyl (C=O) groups is 4. The normalized spacial score (nSPS) is 10.6. The van der Waals surface area contributed by atoms with Crippen molar-refractivity contribution in [3.8, 4) is 28.2 Å². The van der Waals surface area contributed by atoms with Gasteiger partial charge in [-0.3, -0.25) is 19.2 Å². The topological polar surface area (TPSA) is 207 Å². The number of carboxylic acid groups (broad SMARTS) is 2. The molecule has 1 aliphatic carbocycles. The standard InChI is InChI=1S/C27H22N4O9S/c32-14-2-5-17-20(8-14)40-21-9-15(33)3-6-18(21)25(17)16-4-1-13(7-19(16)26(38)39)31-27(41)30-11-23(35)28-10-22(34)29-12-24(36)37/h1-9,32H,10-12H2,(H,28,35)(H,29,34)(H,36,37)(H,38,39)(H2,30,31,41). The maximum atomic E-state index is 12.3. The minimum atomic E-state index is -1.25. The first-order valence-corrected chi connectivity index (χ1v) is 12.3. The summed E-state index contributed by atoms with van der Waals surface area (Å²) < 4.78 is 5.82. The van der Waals surface area contributed by atoms with Crippen LogP contribution in [0.1, 0.15) is 10.4 Å². The van der Waals surface area contributed by atoms with E-state index in [4.69, 9.17) is 21.7 Å². The van der Waals surface area contributed by atoms with Gasteiger partial charge in [-0.25, -0.2) is 4.79 Å². The number of hydrogen-bond donors (Lipinski definition) is 7. The Morgan fingerprint density at radius 3 is 2.20 bits per heavy atom. The molecule has 0 bridgehead atoms. The van der Waals surface area contributed by atoms with Gasteiger partial charge in [-0.15, -0.1) is 0 Å². The van der Waals surface area contributed by atoms with Gasteiger partial charge in [0.1, 0.15) is 23.6 Å². The molecular formula is C27H22N4O9S. The highest BCUT2D eigenvalue weighted by molar-refractivity contribution is 7.80. The molecule has 1 aliphatic heterocycles. The Balaban J connectivity index is 1.54. The number of amides is 2. The molecule has 14 heteroatoms. The number of aromatic carboxylic acids is 1. The van der Waals surface area contributed by atoms with Crippen LogP contribution in [0.2, 0.25) is 0 Å². The smallest absolute Gasteiger partial charge is 0.336 e. The van der Waals surface area contributed by atoms with E-state index in [2.05, 4.69) is 21.3 Å². The van der Waals surface area contributed by atoms with Gasteiger partial charge in [-0.1, -0.05) is 6.07 Å². The number of phenols is 1. The summed E-state index contributed by atoms with van der Waals surface area (Å²) in [6, 6.07) is 13.0. The second-order valence-corrected chi connectivity index (χ2v) is 9.04. The molecule has 210 valence electrons.